The molecule has 0 aliphatic heterocycles. The first-order chi connectivity index (χ1) is 10.7. The summed E-state index contributed by atoms with van der Waals surface area (Å²) >= 11 is 0. The number of nitrogens with zero attached hydrogens (tertiary/aromatic N) is 2. The second kappa shape index (κ2) is 7.21. The third kappa shape index (κ3) is 3.60. The predicted molar refractivity (Wildman–Crippen MR) is 83.5 cm³/mol. The highest BCUT2D eigenvalue weighted by molar-refractivity contribution is 6.01. The van der Waals surface area contributed by atoms with Crippen molar-refractivity contribution in [3.63, 3.8) is 0 Å². The Bertz CT molecular complexity index is 684. The Hall–Kier alpha value is -2.89. The maximum Gasteiger partial charge on any atom is 0.271 e. The zero-order valence-electron chi connectivity index (χ0n) is 12.7. The van der Waals surface area contributed by atoms with Gasteiger partial charge in [-0.2, -0.15) is 5.10 Å². The molecule has 1 aromatic heterocycles. The molecule has 1 amide bonds. The number of rotatable bonds is 5. The van der Waals surface area contributed by atoms with Crippen molar-refractivity contribution in [2.75, 3.05) is 14.2 Å². The minimum atomic E-state index is -0.290. The van der Waals surface area contributed by atoms with Crippen LogP contribution in [0.15, 0.2) is 47.8 Å². The summed E-state index contributed by atoms with van der Waals surface area (Å²) in [6, 6.07) is 8.68. The Morgan fingerprint density at radius 2 is 1.73 bits per heavy atom. The van der Waals surface area contributed by atoms with Gasteiger partial charge in [-0.05, 0) is 37.3 Å². The van der Waals surface area contributed by atoms with Gasteiger partial charge < -0.3 is 9.47 Å². The standard InChI is InChI=1S/C16H17N3O3/c1-11(13-4-5-14(21-2)15(10-13)22-3)18-19-16(20)12-6-8-17-9-7-12/h4-10H,1-3H3,(H,19,20)/b18-11-. The minimum absolute atomic E-state index is 0.290. The smallest absolute Gasteiger partial charge is 0.271 e. The van der Waals surface area contributed by atoms with E-state index >= 15 is 0 Å². The molecule has 2 aromatic rings. The van der Waals surface area contributed by atoms with E-state index in [1.165, 1.54) is 0 Å². The van der Waals surface area contributed by atoms with Crippen molar-refractivity contribution in [1.82, 2.24) is 10.4 Å². The van der Waals surface area contributed by atoms with E-state index in [-0.39, 0.29) is 5.91 Å². The molecule has 22 heavy (non-hydrogen) atoms. The highest BCUT2D eigenvalue weighted by atomic mass is 16.5. The third-order valence-corrected chi connectivity index (χ3v) is 3.07. The molecule has 0 aliphatic carbocycles. The molecule has 1 heterocycles. The van der Waals surface area contributed by atoms with Gasteiger partial charge in [-0.3, -0.25) is 9.78 Å². The maximum absolute atomic E-state index is 11.9. The van der Waals surface area contributed by atoms with Crippen LogP contribution < -0.4 is 14.9 Å². The fourth-order valence-electron chi connectivity index (χ4n) is 1.83. The van der Waals surface area contributed by atoms with E-state index in [4.69, 9.17) is 9.47 Å². The van der Waals surface area contributed by atoms with Crippen molar-refractivity contribution in [1.29, 1.82) is 0 Å². The van der Waals surface area contributed by atoms with E-state index in [1.54, 1.807) is 57.8 Å². The number of methoxy groups -OCH3 is 2. The van der Waals surface area contributed by atoms with Crippen LogP contribution in [0.2, 0.25) is 0 Å². The Labute approximate surface area is 128 Å². The minimum Gasteiger partial charge on any atom is -0.493 e. The first-order valence-corrected chi connectivity index (χ1v) is 6.62. The number of benzene rings is 1. The number of pyridine rings is 1. The second-order valence-corrected chi connectivity index (χ2v) is 4.44. The molecular formula is C16H17N3O3. The number of hydrogen-bond acceptors (Lipinski definition) is 5. The third-order valence-electron chi connectivity index (χ3n) is 3.07. The summed E-state index contributed by atoms with van der Waals surface area (Å²) < 4.78 is 10.4. The average molecular weight is 299 g/mol. The molecule has 2 rings (SSSR count). The van der Waals surface area contributed by atoms with E-state index in [2.05, 4.69) is 15.5 Å². The molecule has 0 atom stereocenters. The monoisotopic (exact) mass is 299 g/mol. The van der Waals surface area contributed by atoms with Gasteiger partial charge in [-0.15, -0.1) is 0 Å². The van der Waals surface area contributed by atoms with E-state index in [9.17, 15) is 4.79 Å². The largest absolute Gasteiger partial charge is 0.493 e. The van der Waals surface area contributed by atoms with E-state index < -0.39 is 0 Å². The molecule has 6 heteroatoms. The van der Waals surface area contributed by atoms with Crippen molar-refractivity contribution in [3.05, 3.63) is 53.9 Å². The van der Waals surface area contributed by atoms with E-state index in [1.807, 2.05) is 6.07 Å². The Morgan fingerprint density at radius 1 is 1.05 bits per heavy atom. The lowest BCUT2D eigenvalue weighted by molar-refractivity contribution is 0.0954. The summed E-state index contributed by atoms with van der Waals surface area (Å²) in [5.41, 5.74) is 4.49. The van der Waals surface area contributed by atoms with Crippen LogP contribution in [-0.2, 0) is 0 Å². The second-order valence-electron chi connectivity index (χ2n) is 4.44. The molecule has 114 valence electrons. The van der Waals surface area contributed by atoms with Crippen LogP contribution in [0.5, 0.6) is 11.5 Å². The summed E-state index contributed by atoms with van der Waals surface area (Å²) in [6.07, 6.45) is 3.11. The molecule has 0 radical (unpaired) electrons. The SMILES string of the molecule is COc1ccc(/C(C)=N\NC(=O)c2ccncc2)cc1OC. The molecule has 1 N–H and O–H groups in total. The van der Waals surface area contributed by atoms with Gasteiger partial charge in [0.05, 0.1) is 19.9 Å². The number of nitrogens with one attached hydrogen (secondary N) is 1. The number of ether oxygens (including phenoxy) is 2. The molecule has 0 aliphatic rings. The fraction of sp³-hybridized carbons (Fsp3) is 0.188. The van der Waals surface area contributed by atoms with Crippen molar-refractivity contribution < 1.29 is 14.3 Å². The van der Waals surface area contributed by atoms with Crippen molar-refractivity contribution in [2.24, 2.45) is 5.10 Å². The van der Waals surface area contributed by atoms with Crippen LogP contribution in [0.1, 0.15) is 22.8 Å². The highest BCUT2D eigenvalue weighted by Gasteiger charge is 2.08. The molecule has 0 unspecified atom stereocenters. The normalized spacial score (nSPS) is 11.0. The number of carbonyl (C=O) groups excluding carboxylic acids is 1. The van der Waals surface area contributed by atoms with Gasteiger partial charge in [0.15, 0.2) is 11.5 Å². The molecular weight excluding hydrogens is 282 g/mol. The van der Waals surface area contributed by atoms with E-state index in [0.717, 1.165) is 5.56 Å². The van der Waals surface area contributed by atoms with Gasteiger partial charge in [0.25, 0.3) is 5.91 Å². The summed E-state index contributed by atoms with van der Waals surface area (Å²) in [5, 5.41) is 4.10. The van der Waals surface area contributed by atoms with E-state index in [0.29, 0.717) is 22.8 Å². The van der Waals surface area contributed by atoms with Crippen LogP contribution in [-0.4, -0.2) is 30.8 Å². The molecule has 0 bridgehead atoms. The topological polar surface area (TPSA) is 72.8 Å². The Morgan fingerprint density at radius 3 is 2.36 bits per heavy atom. The molecule has 6 nitrogen and oxygen atoms in total. The van der Waals surface area contributed by atoms with Gasteiger partial charge in [-0.25, -0.2) is 5.43 Å². The van der Waals surface area contributed by atoms with Crippen molar-refractivity contribution in [3.8, 4) is 11.5 Å². The molecule has 0 spiro atoms. The highest BCUT2D eigenvalue weighted by Crippen LogP contribution is 2.27. The first-order valence-electron chi connectivity index (χ1n) is 6.62. The molecule has 0 saturated heterocycles. The molecule has 0 saturated carbocycles. The van der Waals surface area contributed by atoms with Gasteiger partial charge in [0.2, 0.25) is 0 Å². The quantitative estimate of drug-likeness (QED) is 0.679. The summed E-state index contributed by atoms with van der Waals surface area (Å²) in [4.78, 5) is 15.8. The predicted octanol–water partition coefficient (Wildman–Crippen LogP) is 2.25. The van der Waals surface area contributed by atoms with Crippen LogP contribution in [0, 0.1) is 0 Å². The van der Waals surface area contributed by atoms with Crippen molar-refractivity contribution in [2.45, 2.75) is 6.92 Å². The number of hydrogen-bond donors (Lipinski definition) is 1. The molecule has 1 aromatic carbocycles. The lowest BCUT2D eigenvalue weighted by Crippen LogP contribution is -2.19. The van der Waals surface area contributed by atoms with Gasteiger partial charge in [0.1, 0.15) is 0 Å². The zero-order chi connectivity index (χ0) is 15.9. The lowest BCUT2D eigenvalue weighted by atomic mass is 10.1. The summed E-state index contributed by atoms with van der Waals surface area (Å²) in [5.74, 6) is 0.956. The van der Waals surface area contributed by atoms with Gasteiger partial charge >= 0.3 is 0 Å². The summed E-state index contributed by atoms with van der Waals surface area (Å²) in [6.45, 7) is 1.80. The van der Waals surface area contributed by atoms with Crippen LogP contribution in [0.3, 0.4) is 0 Å². The number of hydrazone groups is 1. The summed E-state index contributed by atoms with van der Waals surface area (Å²) in [7, 11) is 3.15. The number of amides is 1. The van der Waals surface area contributed by atoms with Crippen LogP contribution >= 0.6 is 0 Å². The zero-order valence-corrected chi connectivity index (χ0v) is 12.7. The Kier molecular flexibility index (Phi) is 5.08. The van der Waals surface area contributed by atoms with Gasteiger partial charge in [-0.1, -0.05) is 0 Å². The molecule has 0 fully saturated rings. The average Bonchev–Trinajstić information content (AvgIpc) is 2.59. The number of aromatic nitrogens is 1. The maximum atomic E-state index is 11.9. The lowest BCUT2D eigenvalue weighted by Gasteiger charge is -2.09. The van der Waals surface area contributed by atoms with Gasteiger partial charge in [0, 0.05) is 23.5 Å². The first kappa shape index (κ1) is 15.5. The van der Waals surface area contributed by atoms with Crippen LogP contribution in [0.4, 0.5) is 0 Å². The Balaban J connectivity index is 2.14. The van der Waals surface area contributed by atoms with Crippen molar-refractivity contribution >= 4 is 11.6 Å². The van der Waals surface area contributed by atoms with Crippen LogP contribution in [0.25, 0.3) is 0 Å². The number of carbonyl (C=O) groups is 1. The fourth-order valence-corrected chi connectivity index (χ4v) is 1.83.